The molecule has 0 unspecified atom stereocenters. The zero-order chi connectivity index (χ0) is 7.14. The topological polar surface area (TPSA) is 27.1 Å². The zero-order valence-corrected chi connectivity index (χ0v) is 6.22. The summed E-state index contributed by atoms with van der Waals surface area (Å²) in [5, 5.41) is 4.28. The Hall–Kier alpha value is -0.990. The van der Waals surface area contributed by atoms with Gasteiger partial charge in [0.25, 0.3) is 0 Å². The van der Waals surface area contributed by atoms with Gasteiger partial charge in [-0.15, -0.1) is 0 Å². The maximum Gasteiger partial charge on any atom is 0.215 e. The highest BCUT2D eigenvalue weighted by Crippen LogP contribution is 2.24. The largest absolute Gasteiger partial charge is 0.476 e. The fourth-order valence-corrected chi connectivity index (χ4v) is 1.21. The lowest BCUT2D eigenvalue weighted by atomic mass is 10.3. The summed E-state index contributed by atoms with van der Waals surface area (Å²) in [6.07, 6.45) is 0. The van der Waals surface area contributed by atoms with Gasteiger partial charge in [-0.2, -0.15) is 5.10 Å². The van der Waals surface area contributed by atoms with E-state index >= 15 is 0 Å². The molecule has 2 rings (SSSR count). The molecule has 1 aromatic heterocycles. The van der Waals surface area contributed by atoms with Crippen molar-refractivity contribution in [3.8, 4) is 5.88 Å². The molecule has 10 heavy (non-hydrogen) atoms. The highest BCUT2D eigenvalue weighted by Gasteiger charge is 2.17. The molecule has 0 saturated carbocycles. The van der Waals surface area contributed by atoms with Gasteiger partial charge in [0.05, 0.1) is 12.2 Å². The summed E-state index contributed by atoms with van der Waals surface area (Å²) in [5.41, 5.74) is 2.26. The van der Waals surface area contributed by atoms with Gasteiger partial charge >= 0.3 is 0 Å². The van der Waals surface area contributed by atoms with Crippen LogP contribution in [-0.2, 0) is 6.54 Å². The van der Waals surface area contributed by atoms with Crippen LogP contribution >= 0.6 is 0 Å². The predicted octanol–water partition coefficient (Wildman–Crippen LogP) is 0.892. The summed E-state index contributed by atoms with van der Waals surface area (Å²) in [7, 11) is 0. The zero-order valence-electron chi connectivity index (χ0n) is 6.22. The lowest BCUT2D eigenvalue weighted by Crippen LogP contribution is -1.95. The van der Waals surface area contributed by atoms with E-state index in [0.29, 0.717) is 0 Å². The van der Waals surface area contributed by atoms with Crippen molar-refractivity contribution in [2.24, 2.45) is 0 Å². The molecule has 0 aliphatic carbocycles. The second-order valence-electron chi connectivity index (χ2n) is 2.59. The first-order valence-corrected chi connectivity index (χ1v) is 3.46. The number of ether oxygens (including phenoxy) is 1. The molecular formula is C7H10N2O. The van der Waals surface area contributed by atoms with Crippen molar-refractivity contribution in [1.29, 1.82) is 0 Å². The summed E-state index contributed by atoms with van der Waals surface area (Å²) in [4.78, 5) is 0. The van der Waals surface area contributed by atoms with E-state index in [0.717, 1.165) is 24.7 Å². The van der Waals surface area contributed by atoms with Crippen LogP contribution in [0.15, 0.2) is 0 Å². The van der Waals surface area contributed by atoms with Crippen LogP contribution in [0.3, 0.4) is 0 Å². The average molecular weight is 138 g/mol. The first kappa shape index (κ1) is 5.77. The maximum absolute atomic E-state index is 5.35. The lowest BCUT2D eigenvalue weighted by Gasteiger charge is -1.92. The number of aryl methyl sites for hydroxylation is 1. The van der Waals surface area contributed by atoms with Crippen LogP contribution in [0.25, 0.3) is 0 Å². The van der Waals surface area contributed by atoms with Gasteiger partial charge in [0.2, 0.25) is 5.88 Å². The molecule has 1 aliphatic rings. The van der Waals surface area contributed by atoms with Crippen molar-refractivity contribution in [3.63, 3.8) is 0 Å². The third-order valence-corrected chi connectivity index (χ3v) is 1.91. The number of nitrogens with zero attached hydrogens (tertiary/aromatic N) is 2. The monoisotopic (exact) mass is 138 g/mol. The lowest BCUT2D eigenvalue weighted by molar-refractivity contribution is 0.354. The van der Waals surface area contributed by atoms with E-state index in [9.17, 15) is 0 Å². The molecule has 2 heterocycles. The Kier molecular flexibility index (Phi) is 1.01. The van der Waals surface area contributed by atoms with Crippen LogP contribution < -0.4 is 4.74 Å². The van der Waals surface area contributed by atoms with Gasteiger partial charge in [0.15, 0.2) is 0 Å². The average Bonchev–Trinajstić information content (AvgIpc) is 2.41. The summed E-state index contributed by atoms with van der Waals surface area (Å²) in [5.74, 6) is 0.956. The van der Waals surface area contributed by atoms with Crippen molar-refractivity contribution in [3.05, 3.63) is 11.3 Å². The fourth-order valence-electron chi connectivity index (χ4n) is 1.21. The molecule has 0 radical (unpaired) electrons. The molecule has 54 valence electrons. The van der Waals surface area contributed by atoms with E-state index in [1.807, 2.05) is 18.5 Å². The number of hydrogen-bond acceptors (Lipinski definition) is 2. The van der Waals surface area contributed by atoms with E-state index in [4.69, 9.17) is 4.74 Å². The van der Waals surface area contributed by atoms with Crippen LogP contribution in [0.5, 0.6) is 5.88 Å². The molecule has 3 nitrogen and oxygen atoms in total. The maximum atomic E-state index is 5.35. The summed E-state index contributed by atoms with van der Waals surface area (Å²) in [6.45, 7) is 5.73. The van der Waals surface area contributed by atoms with Gasteiger partial charge in [-0.25, -0.2) is 4.68 Å². The Morgan fingerprint density at radius 1 is 1.50 bits per heavy atom. The normalized spacial score (nSPS) is 15.0. The van der Waals surface area contributed by atoms with E-state index in [1.165, 1.54) is 5.56 Å². The van der Waals surface area contributed by atoms with E-state index in [-0.39, 0.29) is 0 Å². The predicted molar refractivity (Wildman–Crippen MR) is 37.2 cm³/mol. The number of fused-ring (bicyclic) bond motifs is 1. The van der Waals surface area contributed by atoms with Gasteiger partial charge in [0, 0.05) is 5.56 Å². The van der Waals surface area contributed by atoms with Crippen LogP contribution in [0.2, 0.25) is 0 Å². The molecule has 0 aromatic carbocycles. The van der Waals surface area contributed by atoms with Crippen molar-refractivity contribution < 1.29 is 4.74 Å². The smallest absolute Gasteiger partial charge is 0.215 e. The molecule has 0 fully saturated rings. The van der Waals surface area contributed by atoms with Crippen LogP contribution in [-0.4, -0.2) is 16.4 Å². The standard InChI is InChI=1S/C7H10N2O/c1-5-6(2)8-9-3-4-10-7(5)9/h3-4H2,1-2H3. The quantitative estimate of drug-likeness (QED) is 0.532. The minimum absolute atomic E-state index is 0.781. The minimum atomic E-state index is 0.781. The Labute approximate surface area is 59.6 Å². The Bertz CT molecular complexity index is 265. The third kappa shape index (κ3) is 0.574. The first-order valence-electron chi connectivity index (χ1n) is 3.46. The molecule has 0 amide bonds. The minimum Gasteiger partial charge on any atom is -0.476 e. The second-order valence-corrected chi connectivity index (χ2v) is 2.59. The van der Waals surface area contributed by atoms with Crippen LogP contribution in [0.4, 0.5) is 0 Å². The van der Waals surface area contributed by atoms with Gasteiger partial charge in [-0.3, -0.25) is 0 Å². The second kappa shape index (κ2) is 1.75. The molecule has 0 saturated heterocycles. The van der Waals surface area contributed by atoms with Gasteiger partial charge in [-0.1, -0.05) is 0 Å². The molecule has 1 aromatic rings. The highest BCUT2D eigenvalue weighted by molar-refractivity contribution is 5.30. The summed E-state index contributed by atoms with van der Waals surface area (Å²) >= 11 is 0. The molecule has 1 aliphatic heterocycles. The molecule has 0 atom stereocenters. The Morgan fingerprint density at radius 3 is 3.00 bits per heavy atom. The van der Waals surface area contributed by atoms with Gasteiger partial charge in [-0.05, 0) is 13.8 Å². The highest BCUT2D eigenvalue weighted by atomic mass is 16.5. The fraction of sp³-hybridized carbons (Fsp3) is 0.571. The Balaban J connectivity index is 2.59. The number of aromatic nitrogens is 2. The van der Waals surface area contributed by atoms with Crippen molar-refractivity contribution in [2.75, 3.05) is 6.61 Å². The van der Waals surface area contributed by atoms with Crippen molar-refractivity contribution >= 4 is 0 Å². The first-order chi connectivity index (χ1) is 4.79. The van der Waals surface area contributed by atoms with Crippen molar-refractivity contribution in [2.45, 2.75) is 20.4 Å². The van der Waals surface area contributed by atoms with E-state index < -0.39 is 0 Å². The Morgan fingerprint density at radius 2 is 2.30 bits per heavy atom. The number of hydrogen-bond donors (Lipinski definition) is 0. The van der Waals surface area contributed by atoms with Crippen LogP contribution in [0.1, 0.15) is 11.3 Å². The molecular weight excluding hydrogens is 128 g/mol. The van der Waals surface area contributed by atoms with Gasteiger partial charge < -0.3 is 4.74 Å². The van der Waals surface area contributed by atoms with Gasteiger partial charge in [0.1, 0.15) is 6.61 Å². The van der Waals surface area contributed by atoms with E-state index in [1.54, 1.807) is 0 Å². The summed E-state index contributed by atoms with van der Waals surface area (Å²) < 4.78 is 7.27. The van der Waals surface area contributed by atoms with Crippen LogP contribution in [0, 0.1) is 13.8 Å². The van der Waals surface area contributed by atoms with E-state index in [2.05, 4.69) is 5.10 Å². The molecule has 0 spiro atoms. The summed E-state index contributed by atoms with van der Waals surface area (Å²) in [6, 6.07) is 0. The molecule has 3 heteroatoms. The SMILES string of the molecule is Cc1nn2c(c1C)OCC2. The van der Waals surface area contributed by atoms with Crippen molar-refractivity contribution in [1.82, 2.24) is 9.78 Å². The molecule has 0 bridgehead atoms. The number of rotatable bonds is 0. The molecule has 0 N–H and O–H groups in total. The third-order valence-electron chi connectivity index (χ3n) is 1.91.